The summed E-state index contributed by atoms with van der Waals surface area (Å²) in [6.07, 6.45) is 1.88. The molecule has 0 spiro atoms. The molecule has 1 N–H and O–H groups in total. The number of halogens is 2. The van der Waals surface area contributed by atoms with Crippen LogP contribution in [-0.4, -0.2) is 17.9 Å². The van der Waals surface area contributed by atoms with Gasteiger partial charge in [-0.2, -0.15) is 5.10 Å². The third kappa shape index (κ3) is 4.55. The zero-order valence-electron chi connectivity index (χ0n) is 17.4. The van der Waals surface area contributed by atoms with Crippen molar-refractivity contribution < 1.29 is 4.74 Å². The molecule has 0 radical (unpaired) electrons. The predicted molar refractivity (Wildman–Crippen MR) is 130 cm³/mol. The Bertz CT molecular complexity index is 1250. The van der Waals surface area contributed by atoms with E-state index in [1.165, 1.54) is 0 Å². The molecule has 0 aliphatic heterocycles. The molecule has 1 aromatic heterocycles. The lowest BCUT2D eigenvalue weighted by Gasteiger charge is -2.10. The second-order valence-corrected chi connectivity index (χ2v) is 8.09. The second kappa shape index (κ2) is 9.46. The lowest BCUT2D eigenvalue weighted by Crippen LogP contribution is -2.07. The van der Waals surface area contributed by atoms with Gasteiger partial charge in [0, 0.05) is 44.3 Å². The Kier molecular flexibility index (Phi) is 6.50. The van der Waals surface area contributed by atoms with Crippen LogP contribution in [0.5, 0.6) is 5.75 Å². The average molecular weight is 452 g/mol. The van der Waals surface area contributed by atoms with Gasteiger partial charge >= 0.3 is 0 Å². The first-order valence-corrected chi connectivity index (χ1v) is 10.7. The molecule has 4 rings (SSSR count). The molecule has 0 saturated heterocycles. The molecule has 0 unspecified atom stereocenters. The summed E-state index contributed by atoms with van der Waals surface area (Å²) < 4.78 is 7.66. The van der Waals surface area contributed by atoms with Crippen molar-refractivity contribution >= 4 is 40.3 Å². The van der Waals surface area contributed by atoms with Gasteiger partial charge in [0.25, 0.3) is 0 Å². The van der Waals surface area contributed by atoms with Crippen LogP contribution in [-0.2, 0) is 13.1 Å². The molecule has 31 heavy (non-hydrogen) atoms. The van der Waals surface area contributed by atoms with E-state index in [-0.39, 0.29) is 0 Å². The van der Waals surface area contributed by atoms with E-state index in [1.54, 1.807) is 13.2 Å². The monoisotopic (exact) mass is 451 g/mol. The zero-order chi connectivity index (χ0) is 21.8. The Morgan fingerprint density at radius 1 is 1.00 bits per heavy atom. The van der Waals surface area contributed by atoms with Gasteiger partial charge in [0.1, 0.15) is 5.75 Å². The molecule has 0 fully saturated rings. The Labute approximate surface area is 192 Å². The first-order chi connectivity index (χ1) is 15.1. The van der Waals surface area contributed by atoms with Crippen LogP contribution in [0, 0.1) is 6.92 Å². The molecule has 0 amide bonds. The van der Waals surface area contributed by atoms with Crippen LogP contribution in [0.15, 0.2) is 71.8 Å². The molecular weight excluding hydrogens is 429 g/mol. The van der Waals surface area contributed by atoms with Crippen molar-refractivity contribution in [1.82, 2.24) is 9.99 Å². The molecule has 1 heterocycles. The van der Waals surface area contributed by atoms with Crippen molar-refractivity contribution in [3.63, 3.8) is 0 Å². The van der Waals surface area contributed by atoms with E-state index in [4.69, 9.17) is 27.9 Å². The third-order valence-corrected chi connectivity index (χ3v) is 5.96. The molecule has 4 nitrogen and oxygen atoms in total. The molecule has 4 aromatic rings. The van der Waals surface area contributed by atoms with E-state index in [2.05, 4.69) is 34.2 Å². The quantitative estimate of drug-likeness (QED) is 0.259. The largest absolute Gasteiger partial charge is 0.496 e. The maximum Gasteiger partial charge on any atom is 0.123 e. The Morgan fingerprint density at radius 2 is 1.77 bits per heavy atom. The first kappa shape index (κ1) is 21.3. The van der Waals surface area contributed by atoms with E-state index in [1.807, 2.05) is 54.7 Å². The number of ether oxygens (including phenoxy) is 1. The van der Waals surface area contributed by atoms with E-state index in [0.717, 1.165) is 39.0 Å². The maximum absolute atomic E-state index is 6.43. The Hall–Kier alpha value is -2.95. The molecule has 6 heteroatoms. The number of fused-ring (bicyclic) bond motifs is 1. The summed E-state index contributed by atoms with van der Waals surface area (Å²) in [5, 5.41) is 6.93. The van der Waals surface area contributed by atoms with Crippen molar-refractivity contribution in [2.45, 2.75) is 20.0 Å². The predicted octanol–water partition coefficient (Wildman–Crippen LogP) is 6.44. The van der Waals surface area contributed by atoms with E-state index >= 15 is 0 Å². The number of hydrazone groups is 1. The van der Waals surface area contributed by atoms with Crippen molar-refractivity contribution in [3.8, 4) is 5.75 Å². The number of aromatic nitrogens is 1. The molecular formula is C25H23Cl2N3O. The highest BCUT2D eigenvalue weighted by Gasteiger charge is 2.14. The average Bonchev–Trinajstić information content (AvgIpc) is 3.04. The topological polar surface area (TPSA) is 38.5 Å². The third-order valence-electron chi connectivity index (χ3n) is 5.37. The van der Waals surface area contributed by atoms with Crippen LogP contribution in [0.4, 0.5) is 0 Å². The number of benzene rings is 3. The van der Waals surface area contributed by atoms with Crippen molar-refractivity contribution in [2.24, 2.45) is 5.10 Å². The molecule has 0 aliphatic rings. The smallest absolute Gasteiger partial charge is 0.123 e. The lowest BCUT2D eigenvalue weighted by atomic mass is 10.1. The van der Waals surface area contributed by atoms with E-state index in [0.29, 0.717) is 23.1 Å². The number of nitrogens with one attached hydrogen (secondary N) is 1. The van der Waals surface area contributed by atoms with Gasteiger partial charge in [-0.05, 0) is 36.8 Å². The van der Waals surface area contributed by atoms with E-state index in [9.17, 15) is 0 Å². The van der Waals surface area contributed by atoms with Crippen LogP contribution >= 0.6 is 23.2 Å². The minimum absolute atomic E-state index is 0.582. The molecule has 0 aliphatic carbocycles. The van der Waals surface area contributed by atoms with Crippen LogP contribution in [0.2, 0.25) is 10.0 Å². The Morgan fingerprint density at radius 3 is 2.58 bits per heavy atom. The summed E-state index contributed by atoms with van der Waals surface area (Å²) in [6, 6.07) is 21.9. The summed E-state index contributed by atoms with van der Waals surface area (Å²) in [7, 11) is 1.67. The van der Waals surface area contributed by atoms with Crippen LogP contribution < -0.4 is 10.2 Å². The molecule has 3 aromatic carbocycles. The molecule has 0 bridgehead atoms. The van der Waals surface area contributed by atoms with Crippen molar-refractivity contribution in [1.29, 1.82) is 0 Å². The van der Waals surface area contributed by atoms with Crippen molar-refractivity contribution in [2.75, 3.05) is 7.11 Å². The summed E-state index contributed by atoms with van der Waals surface area (Å²) in [5.74, 6) is 0.845. The van der Waals surface area contributed by atoms with Gasteiger partial charge in [-0.15, -0.1) is 0 Å². The maximum atomic E-state index is 6.43. The summed E-state index contributed by atoms with van der Waals surface area (Å²) in [5.41, 5.74) is 8.54. The van der Waals surface area contributed by atoms with Gasteiger partial charge in [0.15, 0.2) is 0 Å². The first-order valence-electron chi connectivity index (χ1n) is 9.98. The SMILES string of the molecule is COc1ccccc1CN/N=C/c1c(C)n(Cc2ccc(Cl)cc2Cl)c2ccccc12. The van der Waals surface area contributed by atoms with Crippen LogP contribution in [0.3, 0.4) is 0 Å². The number of para-hydroxylation sites is 2. The fourth-order valence-corrected chi connectivity index (χ4v) is 4.20. The summed E-state index contributed by atoms with van der Waals surface area (Å²) >= 11 is 12.5. The number of rotatable bonds is 7. The second-order valence-electron chi connectivity index (χ2n) is 7.24. The van der Waals surface area contributed by atoms with Crippen LogP contribution in [0.25, 0.3) is 10.9 Å². The zero-order valence-corrected chi connectivity index (χ0v) is 18.9. The molecule has 158 valence electrons. The highest BCUT2D eigenvalue weighted by Crippen LogP contribution is 2.28. The van der Waals surface area contributed by atoms with Gasteiger partial charge in [-0.3, -0.25) is 0 Å². The number of nitrogens with zero attached hydrogens (tertiary/aromatic N) is 2. The Balaban J connectivity index is 1.61. The fraction of sp³-hybridized carbons (Fsp3) is 0.160. The highest BCUT2D eigenvalue weighted by molar-refractivity contribution is 6.35. The summed E-state index contributed by atoms with van der Waals surface area (Å²) in [6.45, 7) is 3.34. The normalized spacial score (nSPS) is 11.4. The van der Waals surface area contributed by atoms with Gasteiger partial charge in [-0.25, -0.2) is 0 Å². The highest BCUT2D eigenvalue weighted by atomic mass is 35.5. The van der Waals surface area contributed by atoms with Gasteiger partial charge < -0.3 is 14.7 Å². The van der Waals surface area contributed by atoms with Gasteiger partial charge in [0.2, 0.25) is 0 Å². The summed E-state index contributed by atoms with van der Waals surface area (Å²) in [4.78, 5) is 0. The van der Waals surface area contributed by atoms with Gasteiger partial charge in [0.05, 0.1) is 19.9 Å². The fourth-order valence-electron chi connectivity index (χ4n) is 3.73. The molecule has 0 atom stereocenters. The van der Waals surface area contributed by atoms with Gasteiger partial charge in [-0.1, -0.05) is 65.7 Å². The van der Waals surface area contributed by atoms with Crippen molar-refractivity contribution in [3.05, 3.63) is 99.2 Å². The standard InChI is InChI=1S/C25H23Cl2N3O/c1-17-22(15-29-28-14-18-7-3-6-10-25(18)31-2)21-8-4-5-9-24(21)30(17)16-19-11-12-20(26)13-23(19)27/h3-13,15,28H,14,16H2,1-2H3/b29-15+. The number of hydrogen-bond donors (Lipinski definition) is 1. The number of methoxy groups -OCH3 is 1. The molecule has 0 saturated carbocycles. The van der Waals surface area contributed by atoms with E-state index < -0.39 is 0 Å². The minimum atomic E-state index is 0.582. The van der Waals surface area contributed by atoms with Crippen LogP contribution in [0.1, 0.15) is 22.4 Å². The minimum Gasteiger partial charge on any atom is -0.496 e. The lowest BCUT2D eigenvalue weighted by molar-refractivity contribution is 0.408. The number of hydrogen-bond acceptors (Lipinski definition) is 3.